The lowest BCUT2D eigenvalue weighted by molar-refractivity contribution is -0.144. The fourth-order valence-electron chi connectivity index (χ4n) is 2.13. The molecule has 0 spiro atoms. The van der Waals surface area contributed by atoms with Crippen LogP contribution >= 0.6 is 0 Å². The Labute approximate surface area is 145 Å². The first-order chi connectivity index (χ1) is 12.1. The number of halogens is 3. The topological polar surface area (TPSA) is 98.0 Å². The van der Waals surface area contributed by atoms with Crippen molar-refractivity contribution in [3.8, 4) is 17.2 Å². The summed E-state index contributed by atoms with van der Waals surface area (Å²) in [5.41, 5.74) is 1.28. The number of benzene rings is 1. The van der Waals surface area contributed by atoms with Crippen LogP contribution in [0.3, 0.4) is 0 Å². The summed E-state index contributed by atoms with van der Waals surface area (Å²) in [6.45, 7) is 1.82. The van der Waals surface area contributed by atoms with Gasteiger partial charge in [-0.3, -0.25) is 4.55 Å². The monoisotopic (exact) mass is 384 g/mol. The zero-order valence-electron chi connectivity index (χ0n) is 13.1. The Morgan fingerprint density at radius 1 is 1.08 bits per heavy atom. The van der Waals surface area contributed by atoms with Crippen LogP contribution in [0.2, 0.25) is 0 Å². The number of alkyl halides is 3. The Hall–Kier alpha value is -2.79. The van der Waals surface area contributed by atoms with Gasteiger partial charge in [0.15, 0.2) is 11.6 Å². The van der Waals surface area contributed by atoms with Gasteiger partial charge in [-0.05, 0) is 19.1 Å². The third-order valence-corrected chi connectivity index (χ3v) is 4.24. The number of nitrogens with zero attached hydrogens (tertiary/aromatic N) is 4. The molecule has 1 aromatic carbocycles. The van der Waals surface area contributed by atoms with Gasteiger partial charge in [0.2, 0.25) is 0 Å². The second-order valence-electron chi connectivity index (χ2n) is 5.36. The molecular weight excluding hydrogens is 373 g/mol. The van der Waals surface area contributed by atoms with E-state index in [2.05, 4.69) is 15.1 Å². The highest BCUT2D eigenvalue weighted by molar-refractivity contribution is 7.85. The average Bonchev–Trinajstić information content (AvgIpc) is 3.00. The van der Waals surface area contributed by atoms with Gasteiger partial charge in [0, 0.05) is 5.56 Å². The summed E-state index contributed by atoms with van der Waals surface area (Å²) in [4.78, 5) is 6.83. The molecule has 0 amide bonds. The fraction of sp³-hybridized carbons (Fsp3) is 0.133. The van der Waals surface area contributed by atoms with Crippen molar-refractivity contribution in [1.29, 1.82) is 0 Å². The standard InChI is InChI=1S/C15H11F3N4O3S/c1-9-2-4-10(5-3-9)13-20-14(15(16,17)18)21-22(13)12-7-6-11(8-19-12)26(23,24)25/h2-8H,1H3,(H,23,24,25). The number of hydrogen-bond donors (Lipinski definition) is 1. The minimum atomic E-state index is -4.76. The Morgan fingerprint density at radius 2 is 1.73 bits per heavy atom. The quantitative estimate of drug-likeness (QED) is 0.698. The zero-order chi connectivity index (χ0) is 19.1. The summed E-state index contributed by atoms with van der Waals surface area (Å²) in [5, 5.41) is 3.45. The van der Waals surface area contributed by atoms with E-state index < -0.39 is 27.0 Å². The van der Waals surface area contributed by atoms with Crippen LogP contribution in [0.4, 0.5) is 13.2 Å². The number of aryl methyl sites for hydroxylation is 1. The normalized spacial score (nSPS) is 12.3. The van der Waals surface area contributed by atoms with Gasteiger partial charge in [0.25, 0.3) is 15.9 Å². The van der Waals surface area contributed by atoms with Crippen LogP contribution in [-0.4, -0.2) is 32.7 Å². The van der Waals surface area contributed by atoms with Crippen molar-refractivity contribution in [2.75, 3.05) is 0 Å². The molecule has 136 valence electrons. The van der Waals surface area contributed by atoms with Crippen molar-refractivity contribution < 1.29 is 26.1 Å². The molecular formula is C15H11F3N4O3S. The van der Waals surface area contributed by atoms with Gasteiger partial charge in [-0.1, -0.05) is 29.8 Å². The SMILES string of the molecule is Cc1ccc(-c2nc(C(F)(F)F)nn2-c2ccc(S(=O)(=O)O)cn2)cc1. The van der Waals surface area contributed by atoms with E-state index in [9.17, 15) is 21.6 Å². The Bertz CT molecular complexity index is 1040. The van der Waals surface area contributed by atoms with Gasteiger partial charge in [-0.25, -0.2) is 9.97 Å². The minimum Gasteiger partial charge on any atom is -0.282 e. The maximum Gasteiger partial charge on any atom is 0.453 e. The molecule has 3 aromatic rings. The Balaban J connectivity index is 2.16. The Morgan fingerprint density at radius 3 is 2.23 bits per heavy atom. The highest BCUT2D eigenvalue weighted by atomic mass is 32.2. The molecule has 0 fully saturated rings. The minimum absolute atomic E-state index is 0.0871. The average molecular weight is 384 g/mol. The summed E-state index contributed by atoms with van der Waals surface area (Å²) in [6.07, 6.45) is -3.95. The van der Waals surface area contributed by atoms with Crippen LogP contribution in [0, 0.1) is 6.92 Å². The van der Waals surface area contributed by atoms with Crippen molar-refractivity contribution >= 4 is 10.1 Å². The van der Waals surface area contributed by atoms with Gasteiger partial charge in [0.1, 0.15) is 4.90 Å². The van der Waals surface area contributed by atoms with Crippen LogP contribution in [0.5, 0.6) is 0 Å². The number of aromatic nitrogens is 4. The molecule has 0 aliphatic heterocycles. The largest absolute Gasteiger partial charge is 0.453 e. The highest BCUT2D eigenvalue weighted by Crippen LogP contribution is 2.30. The molecule has 2 aromatic heterocycles. The number of rotatable bonds is 3. The van der Waals surface area contributed by atoms with E-state index >= 15 is 0 Å². The molecule has 3 rings (SSSR count). The second kappa shape index (κ2) is 6.18. The van der Waals surface area contributed by atoms with Crippen molar-refractivity contribution in [3.63, 3.8) is 0 Å². The van der Waals surface area contributed by atoms with E-state index in [4.69, 9.17) is 4.55 Å². The molecule has 0 saturated heterocycles. The summed E-state index contributed by atoms with van der Waals surface area (Å²) in [6, 6.07) is 8.71. The smallest absolute Gasteiger partial charge is 0.282 e. The first kappa shape index (κ1) is 18.0. The summed E-state index contributed by atoms with van der Waals surface area (Å²) in [5.74, 6) is -1.55. The molecule has 11 heteroatoms. The van der Waals surface area contributed by atoms with Crippen molar-refractivity contribution in [1.82, 2.24) is 19.7 Å². The van der Waals surface area contributed by atoms with Crippen molar-refractivity contribution in [2.24, 2.45) is 0 Å². The van der Waals surface area contributed by atoms with Crippen LogP contribution in [0.15, 0.2) is 47.5 Å². The summed E-state index contributed by atoms with van der Waals surface area (Å²) >= 11 is 0. The predicted octanol–water partition coefficient (Wildman–Crippen LogP) is 2.90. The Kier molecular flexibility index (Phi) is 4.28. The summed E-state index contributed by atoms with van der Waals surface area (Å²) < 4.78 is 71.0. The van der Waals surface area contributed by atoms with Gasteiger partial charge < -0.3 is 0 Å². The molecule has 1 N–H and O–H groups in total. The maximum atomic E-state index is 13.0. The van der Waals surface area contributed by atoms with E-state index in [1.165, 1.54) is 0 Å². The van der Waals surface area contributed by atoms with E-state index in [-0.39, 0.29) is 11.6 Å². The molecule has 0 radical (unpaired) electrons. The highest BCUT2D eigenvalue weighted by Gasteiger charge is 2.37. The van der Waals surface area contributed by atoms with Gasteiger partial charge in [-0.2, -0.15) is 26.3 Å². The molecule has 0 saturated carbocycles. The molecule has 0 unspecified atom stereocenters. The first-order valence-electron chi connectivity index (χ1n) is 7.11. The number of pyridine rings is 1. The van der Waals surface area contributed by atoms with Gasteiger partial charge in [-0.15, -0.1) is 5.10 Å². The summed E-state index contributed by atoms with van der Waals surface area (Å²) in [7, 11) is -4.47. The van der Waals surface area contributed by atoms with E-state index in [1.54, 1.807) is 24.3 Å². The lowest BCUT2D eigenvalue weighted by Crippen LogP contribution is -2.09. The third kappa shape index (κ3) is 3.58. The van der Waals surface area contributed by atoms with Crippen LogP contribution in [-0.2, 0) is 16.3 Å². The van der Waals surface area contributed by atoms with Gasteiger partial charge in [0.05, 0.1) is 6.20 Å². The number of hydrogen-bond acceptors (Lipinski definition) is 5. The maximum absolute atomic E-state index is 13.0. The van der Waals surface area contributed by atoms with E-state index in [0.29, 0.717) is 5.56 Å². The molecule has 0 aliphatic carbocycles. The van der Waals surface area contributed by atoms with Crippen LogP contribution in [0.1, 0.15) is 11.4 Å². The fourth-order valence-corrected chi connectivity index (χ4v) is 2.56. The van der Waals surface area contributed by atoms with E-state index in [0.717, 1.165) is 28.6 Å². The van der Waals surface area contributed by atoms with Crippen molar-refractivity contribution in [2.45, 2.75) is 18.0 Å². The molecule has 26 heavy (non-hydrogen) atoms. The lowest BCUT2D eigenvalue weighted by atomic mass is 10.1. The predicted molar refractivity (Wildman–Crippen MR) is 84.1 cm³/mol. The van der Waals surface area contributed by atoms with E-state index in [1.807, 2.05) is 6.92 Å². The third-order valence-electron chi connectivity index (χ3n) is 3.41. The first-order valence-corrected chi connectivity index (χ1v) is 8.55. The lowest BCUT2D eigenvalue weighted by Gasteiger charge is -2.06. The van der Waals surface area contributed by atoms with Crippen LogP contribution in [0.25, 0.3) is 17.2 Å². The molecule has 0 atom stereocenters. The molecule has 2 heterocycles. The molecule has 0 bridgehead atoms. The zero-order valence-corrected chi connectivity index (χ0v) is 14.0. The molecule has 0 aliphatic rings. The van der Waals surface area contributed by atoms with Crippen LogP contribution < -0.4 is 0 Å². The molecule has 7 nitrogen and oxygen atoms in total. The second-order valence-corrected chi connectivity index (χ2v) is 6.78. The van der Waals surface area contributed by atoms with Gasteiger partial charge >= 0.3 is 6.18 Å². The van der Waals surface area contributed by atoms with Crippen molar-refractivity contribution in [3.05, 3.63) is 54.0 Å².